The van der Waals surface area contributed by atoms with Crippen LogP contribution in [0.25, 0.3) is 0 Å². The Balaban J connectivity index is 2.27. The maximum atomic E-state index is 13.8. The van der Waals surface area contributed by atoms with E-state index in [2.05, 4.69) is 0 Å². The molecule has 1 aromatic rings. The lowest BCUT2D eigenvalue weighted by molar-refractivity contribution is -0.139. The van der Waals surface area contributed by atoms with E-state index in [0.29, 0.717) is 26.3 Å². The molecule has 0 spiro atoms. The lowest BCUT2D eigenvalue weighted by Gasteiger charge is -2.34. The minimum absolute atomic E-state index is 0.214. The number of rotatable bonds is 4. The molecule has 104 valence electrons. The molecule has 0 aromatic heterocycles. The maximum Gasteiger partial charge on any atom is 0.305 e. The molecule has 1 heterocycles. The van der Waals surface area contributed by atoms with Crippen LogP contribution in [0, 0.1) is 11.6 Å². The van der Waals surface area contributed by atoms with Gasteiger partial charge in [-0.3, -0.25) is 9.69 Å². The van der Waals surface area contributed by atoms with Crippen molar-refractivity contribution in [3.05, 3.63) is 35.4 Å². The molecule has 1 fully saturated rings. The van der Waals surface area contributed by atoms with E-state index in [0.717, 1.165) is 12.1 Å². The smallest absolute Gasteiger partial charge is 0.305 e. The molecule has 1 N–H and O–H groups in total. The van der Waals surface area contributed by atoms with Gasteiger partial charge in [-0.15, -0.1) is 0 Å². The van der Waals surface area contributed by atoms with Gasteiger partial charge in [-0.2, -0.15) is 0 Å². The number of halogens is 2. The zero-order chi connectivity index (χ0) is 13.8. The van der Waals surface area contributed by atoms with Gasteiger partial charge in [0, 0.05) is 30.8 Å². The molecule has 0 saturated carbocycles. The highest BCUT2D eigenvalue weighted by atomic mass is 19.1. The first-order chi connectivity index (χ1) is 9.08. The standard InChI is InChI=1S/C13H15F2NO3/c14-9-1-2-10(11(15)7-9)12(8-13(17)18)16-3-5-19-6-4-16/h1-2,7,12H,3-6,8H2,(H,17,18). The fourth-order valence-corrected chi connectivity index (χ4v) is 2.26. The van der Waals surface area contributed by atoms with E-state index < -0.39 is 23.6 Å². The van der Waals surface area contributed by atoms with Crippen molar-refractivity contribution in [1.82, 2.24) is 4.90 Å². The monoisotopic (exact) mass is 271 g/mol. The second-order valence-corrected chi connectivity index (χ2v) is 4.43. The largest absolute Gasteiger partial charge is 0.481 e. The molecule has 6 heteroatoms. The summed E-state index contributed by atoms with van der Waals surface area (Å²) in [6.07, 6.45) is -0.220. The summed E-state index contributed by atoms with van der Waals surface area (Å²) in [6.45, 7) is 2.04. The molecule has 1 atom stereocenters. The van der Waals surface area contributed by atoms with E-state index in [-0.39, 0.29) is 12.0 Å². The van der Waals surface area contributed by atoms with Crippen molar-refractivity contribution in [3.63, 3.8) is 0 Å². The van der Waals surface area contributed by atoms with Crippen molar-refractivity contribution in [3.8, 4) is 0 Å². The third kappa shape index (κ3) is 3.48. The number of benzene rings is 1. The van der Waals surface area contributed by atoms with Gasteiger partial charge < -0.3 is 9.84 Å². The van der Waals surface area contributed by atoms with E-state index >= 15 is 0 Å². The molecule has 0 aliphatic carbocycles. The van der Waals surface area contributed by atoms with Crippen LogP contribution in [0.3, 0.4) is 0 Å². The van der Waals surface area contributed by atoms with Gasteiger partial charge in [0.25, 0.3) is 0 Å². The zero-order valence-electron chi connectivity index (χ0n) is 10.3. The van der Waals surface area contributed by atoms with Crippen LogP contribution in [0.15, 0.2) is 18.2 Å². The topological polar surface area (TPSA) is 49.8 Å². The third-order valence-electron chi connectivity index (χ3n) is 3.18. The number of aliphatic carboxylic acids is 1. The third-order valence-corrected chi connectivity index (χ3v) is 3.18. The van der Waals surface area contributed by atoms with Crippen molar-refractivity contribution in [2.24, 2.45) is 0 Å². The normalized spacial score (nSPS) is 18.2. The van der Waals surface area contributed by atoms with E-state index in [1.165, 1.54) is 6.07 Å². The van der Waals surface area contributed by atoms with Gasteiger partial charge in [0.05, 0.1) is 19.6 Å². The molecule has 1 aromatic carbocycles. The Bertz CT molecular complexity index is 461. The number of carboxylic acids is 1. The molecular weight excluding hydrogens is 256 g/mol. The van der Waals surface area contributed by atoms with Crippen LogP contribution >= 0.6 is 0 Å². The number of morpholine rings is 1. The first-order valence-electron chi connectivity index (χ1n) is 6.06. The summed E-state index contributed by atoms with van der Waals surface area (Å²) in [5.74, 6) is -2.39. The number of nitrogens with zero attached hydrogens (tertiary/aromatic N) is 1. The summed E-state index contributed by atoms with van der Waals surface area (Å²) in [6, 6.07) is 2.65. The van der Waals surface area contributed by atoms with Gasteiger partial charge in [0.2, 0.25) is 0 Å². The molecule has 2 rings (SSSR count). The summed E-state index contributed by atoms with van der Waals surface area (Å²) in [7, 11) is 0. The summed E-state index contributed by atoms with van der Waals surface area (Å²) in [5, 5.41) is 8.97. The van der Waals surface area contributed by atoms with Gasteiger partial charge in [-0.05, 0) is 6.07 Å². The number of hydrogen-bond acceptors (Lipinski definition) is 3. The van der Waals surface area contributed by atoms with Crippen molar-refractivity contribution in [2.75, 3.05) is 26.3 Å². The minimum Gasteiger partial charge on any atom is -0.481 e. The zero-order valence-corrected chi connectivity index (χ0v) is 10.3. The second kappa shape index (κ2) is 6.08. The fraction of sp³-hybridized carbons (Fsp3) is 0.462. The maximum absolute atomic E-state index is 13.8. The fourth-order valence-electron chi connectivity index (χ4n) is 2.26. The van der Waals surface area contributed by atoms with Crippen LogP contribution in [0.4, 0.5) is 8.78 Å². The number of carboxylic acid groups (broad SMARTS) is 1. The van der Waals surface area contributed by atoms with Gasteiger partial charge >= 0.3 is 5.97 Å². The molecule has 0 amide bonds. The summed E-state index contributed by atoms with van der Waals surface area (Å²) < 4.78 is 31.9. The first-order valence-corrected chi connectivity index (χ1v) is 6.06. The van der Waals surface area contributed by atoms with Gasteiger partial charge in [0.1, 0.15) is 11.6 Å². The van der Waals surface area contributed by atoms with Gasteiger partial charge in [-0.1, -0.05) is 6.07 Å². The Morgan fingerprint density at radius 2 is 2.05 bits per heavy atom. The lowest BCUT2D eigenvalue weighted by atomic mass is 10.0. The van der Waals surface area contributed by atoms with Crippen molar-refractivity contribution < 1.29 is 23.4 Å². The van der Waals surface area contributed by atoms with Crippen LogP contribution in [-0.4, -0.2) is 42.3 Å². The highest BCUT2D eigenvalue weighted by Crippen LogP contribution is 2.27. The van der Waals surface area contributed by atoms with Crippen LogP contribution < -0.4 is 0 Å². The Kier molecular flexibility index (Phi) is 4.44. The number of ether oxygens (including phenoxy) is 1. The molecule has 1 saturated heterocycles. The molecule has 4 nitrogen and oxygen atoms in total. The van der Waals surface area contributed by atoms with Crippen LogP contribution in [0.2, 0.25) is 0 Å². The molecule has 1 aliphatic heterocycles. The van der Waals surface area contributed by atoms with E-state index in [1.807, 2.05) is 4.90 Å². The Hall–Kier alpha value is -1.53. The lowest BCUT2D eigenvalue weighted by Crippen LogP contribution is -2.40. The molecule has 1 unspecified atom stereocenters. The predicted molar refractivity (Wildman–Crippen MR) is 63.7 cm³/mol. The van der Waals surface area contributed by atoms with Crippen LogP contribution in [0.1, 0.15) is 18.0 Å². The average Bonchev–Trinajstić information content (AvgIpc) is 2.37. The molecule has 0 radical (unpaired) electrons. The first kappa shape index (κ1) is 13.9. The van der Waals surface area contributed by atoms with E-state index in [4.69, 9.17) is 9.84 Å². The van der Waals surface area contributed by atoms with E-state index in [1.54, 1.807) is 0 Å². The summed E-state index contributed by atoms with van der Waals surface area (Å²) in [4.78, 5) is 12.8. The van der Waals surface area contributed by atoms with Gasteiger partial charge in [0.15, 0.2) is 0 Å². The van der Waals surface area contributed by atoms with Crippen molar-refractivity contribution in [1.29, 1.82) is 0 Å². The summed E-state index contributed by atoms with van der Waals surface area (Å²) in [5.41, 5.74) is 0.214. The SMILES string of the molecule is O=C(O)CC(c1ccc(F)cc1F)N1CCOCC1. The quantitative estimate of drug-likeness (QED) is 0.907. The van der Waals surface area contributed by atoms with E-state index in [9.17, 15) is 13.6 Å². The summed E-state index contributed by atoms with van der Waals surface area (Å²) >= 11 is 0. The van der Waals surface area contributed by atoms with Crippen molar-refractivity contribution in [2.45, 2.75) is 12.5 Å². The highest BCUT2D eigenvalue weighted by molar-refractivity contribution is 5.68. The Morgan fingerprint density at radius 1 is 1.37 bits per heavy atom. The number of hydrogen-bond donors (Lipinski definition) is 1. The van der Waals surface area contributed by atoms with Gasteiger partial charge in [-0.25, -0.2) is 8.78 Å². The molecule has 19 heavy (non-hydrogen) atoms. The Morgan fingerprint density at radius 3 is 2.63 bits per heavy atom. The van der Waals surface area contributed by atoms with Crippen LogP contribution in [-0.2, 0) is 9.53 Å². The minimum atomic E-state index is -1.01. The number of carbonyl (C=O) groups is 1. The molecule has 0 bridgehead atoms. The highest BCUT2D eigenvalue weighted by Gasteiger charge is 2.27. The Labute approximate surface area is 109 Å². The predicted octanol–water partition coefficient (Wildman–Crippen LogP) is 1.81. The second-order valence-electron chi connectivity index (χ2n) is 4.43. The van der Waals surface area contributed by atoms with Crippen molar-refractivity contribution >= 4 is 5.97 Å². The average molecular weight is 271 g/mol. The van der Waals surface area contributed by atoms with Crippen LogP contribution in [0.5, 0.6) is 0 Å². The molecular formula is C13H15F2NO3. The molecule has 1 aliphatic rings.